The second-order valence-corrected chi connectivity index (χ2v) is 4.55. The van der Waals surface area contributed by atoms with Gasteiger partial charge in [0.2, 0.25) is 0 Å². The highest BCUT2D eigenvalue weighted by atomic mass is 35.5. The summed E-state index contributed by atoms with van der Waals surface area (Å²) in [6.07, 6.45) is 2.54. The van der Waals surface area contributed by atoms with Gasteiger partial charge in [-0.15, -0.1) is 0 Å². The Morgan fingerprint density at radius 2 is 2.27 bits per heavy atom. The molecule has 1 aliphatic carbocycles. The van der Waals surface area contributed by atoms with E-state index < -0.39 is 0 Å². The molecular weight excluding hydrogens is 210 g/mol. The second kappa shape index (κ2) is 4.97. The molecule has 0 saturated heterocycles. The van der Waals surface area contributed by atoms with Crippen molar-refractivity contribution in [2.24, 2.45) is 0 Å². The van der Waals surface area contributed by atoms with Crippen molar-refractivity contribution in [3.63, 3.8) is 0 Å². The fraction of sp³-hybridized carbons (Fsp3) is 0.500. The van der Waals surface area contributed by atoms with E-state index >= 15 is 0 Å². The van der Waals surface area contributed by atoms with Crippen LogP contribution in [0.15, 0.2) is 24.3 Å². The van der Waals surface area contributed by atoms with Gasteiger partial charge < -0.3 is 10.4 Å². The van der Waals surface area contributed by atoms with Crippen LogP contribution in [-0.4, -0.2) is 24.3 Å². The lowest BCUT2D eigenvalue weighted by molar-refractivity contribution is 0.261. The third-order valence-electron chi connectivity index (χ3n) is 2.77. The first-order chi connectivity index (χ1) is 7.29. The van der Waals surface area contributed by atoms with Gasteiger partial charge in [0.15, 0.2) is 0 Å². The topological polar surface area (TPSA) is 32.3 Å². The van der Waals surface area contributed by atoms with Crippen LogP contribution in [0, 0.1) is 0 Å². The van der Waals surface area contributed by atoms with Gasteiger partial charge in [-0.25, -0.2) is 0 Å². The molecule has 3 heteroatoms. The predicted molar refractivity (Wildman–Crippen MR) is 62.3 cm³/mol. The van der Waals surface area contributed by atoms with E-state index in [0.717, 1.165) is 17.1 Å². The first-order valence-corrected chi connectivity index (χ1v) is 5.77. The van der Waals surface area contributed by atoms with Crippen molar-refractivity contribution in [1.82, 2.24) is 5.32 Å². The van der Waals surface area contributed by atoms with E-state index in [1.165, 1.54) is 12.8 Å². The van der Waals surface area contributed by atoms with Crippen molar-refractivity contribution >= 4 is 11.6 Å². The molecule has 0 aromatic heterocycles. The summed E-state index contributed by atoms with van der Waals surface area (Å²) in [7, 11) is 0. The van der Waals surface area contributed by atoms with Crippen LogP contribution in [0.3, 0.4) is 0 Å². The van der Waals surface area contributed by atoms with Crippen molar-refractivity contribution in [3.05, 3.63) is 34.9 Å². The molecular formula is C12H16ClNO. The lowest BCUT2D eigenvalue weighted by Gasteiger charge is -2.15. The minimum Gasteiger partial charge on any atom is -0.396 e. The molecule has 2 nitrogen and oxygen atoms in total. The summed E-state index contributed by atoms with van der Waals surface area (Å²) < 4.78 is 0. The predicted octanol–water partition coefficient (Wildman–Crippen LogP) is 2.17. The Hall–Kier alpha value is -0.570. The number of aliphatic hydroxyl groups is 1. The summed E-state index contributed by atoms with van der Waals surface area (Å²) >= 11 is 5.92. The molecule has 15 heavy (non-hydrogen) atoms. The minimum atomic E-state index is 0.157. The number of aliphatic hydroxyl groups excluding tert-OH is 1. The average Bonchev–Trinajstić information content (AvgIpc) is 3.03. The van der Waals surface area contributed by atoms with Gasteiger partial charge in [-0.3, -0.25) is 0 Å². The van der Waals surface area contributed by atoms with E-state index in [1.807, 2.05) is 24.3 Å². The summed E-state index contributed by atoms with van der Waals surface area (Å²) in [5, 5.41) is 13.5. The molecule has 82 valence electrons. The standard InChI is InChI=1S/C12H16ClNO/c13-11-3-1-2-9(6-11)10(8-15)7-14-12-4-5-12/h1-3,6,10,12,14-15H,4-5,7-8H2. The van der Waals surface area contributed by atoms with Gasteiger partial charge in [0.05, 0.1) is 6.61 Å². The monoisotopic (exact) mass is 225 g/mol. The first-order valence-electron chi connectivity index (χ1n) is 5.39. The van der Waals surface area contributed by atoms with E-state index in [0.29, 0.717) is 6.04 Å². The quantitative estimate of drug-likeness (QED) is 0.805. The maximum atomic E-state index is 9.32. The fourth-order valence-electron chi connectivity index (χ4n) is 1.64. The number of halogens is 1. The lowest BCUT2D eigenvalue weighted by atomic mass is 10.00. The summed E-state index contributed by atoms with van der Waals surface area (Å²) in [6, 6.07) is 8.40. The third-order valence-corrected chi connectivity index (χ3v) is 3.01. The molecule has 0 spiro atoms. The van der Waals surface area contributed by atoms with E-state index in [4.69, 9.17) is 11.6 Å². The fourth-order valence-corrected chi connectivity index (χ4v) is 1.84. The van der Waals surface area contributed by atoms with Crippen LogP contribution < -0.4 is 5.32 Å². The van der Waals surface area contributed by atoms with Crippen LogP contribution in [0.4, 0.5) is 0 Å². The molecule has 0 amide bonds. The largest absolute Gasteiger partial charge is 0.396 e. The number of hydrogen-bond donors (Lipinski definition) is 2. The molecule has 0 radical (unpaired) electrons. The highest BCUT2D eigenvalue weighted by Crippen LogP contribution is 2.22. The van der Waals surface area contributed by atoms with Crippen molar-refractivity contribution in [1.29, 1.82) is 0 Å². The van der Waals surface area contributed by atoms with Crippen LogP contribution in [-0.2, 0) is 0 Å². The van der Waals surface area contributed by atoms with Gasteiger partial charge in [0, 0.05) is 23.5 Å². The summed E-state index contributed by atoms with van der Waals surface area (Å²) in [6.45, 7) is 1.00. The van der Waals surface area contributed by atoms with Gasteiger partial charge in [-0.05, 0) is 30.5 Å². The summed E-state index contributed by atoms with van der Waals surface area (Å²) in [5.41, 5.74) is 1.11. The maximum Gasteiger partial charge on any atom is 0.0511 e. The molecule has 1 aromatic rings. The van der Waals surface area contributed by atoms with Crippen LogP contribution >= 0.6 is 11.6 Å². The second-order valence-electron chi connectivity index (χ2n) is 4.12. The SMILES string of the molecule is OCC(CNC1CC1)c1cccc(Cl)c1. The number of benzene rings is 1. The van der Waals surface area contributed by atoms with Crippen LogP contribution in [0.25, 0.3) is 0 Å². The van der Waals surface area contributed by atoms with E-state index in [1.54, 1.807) is 0 Å². The lowest BCUT2D eigenvalue weighted by Crippen LogP contribution is -2.25. The normalized spacial score (nSPS) is 17.7. The molecule has 0 aliphatic heterocycles. The Morgan fingerprint density at radius 3 is 2.87 bits per heavy atom. The zero-order valence-corrected chi connectivity index (χ0v) is 9.37. The van der Waals surface area contributed by atoms with Gasteiger partial charge in [0.25, 0.3) is 0 Å². The zero-order chi connectivity index (χ0) is 10.7. The molecule has 0 bridgehead atoms. The molecule has 1 atom stereocenters. The number of nitrogens with one attached hydrogen (secondary N) is 1. The highest BCUT2D eigenvalue weighted by Gasteiger charge is 2.22. The minimum absolute atomic E-state index is 0.157. The van der Waals surface area contributed by atoms with Gasteiger partial charge in [-0.2, -0.15) is 0 Å². The smallest absolute Gasteiger partial charge is 0.0511 e. The van der Waals surface area contributed by atoms with Gasteiger partial charge >= 0.3 is 0 Å². The van der Waals surface area contributed by atoms with Crippen LogP contribution in [0.5, 0.6) is 0 Å². The maximum absolute atomic E-state index is 9.32. The molecule has 2 rings (SSSR count). The van der Waals surface area contributed by atoms with Crippen molar-refractivity contribution < 1.29 is 5.11 Å². The van der Waals surface area contributed by atoms with E-state index in [9.17, 15) is 5.11 Å². The molecule has 1 aliphatic rings. The Balaban J connectivity index is 1.97. The molecule has 0 heterocycles. The Kier molecular flexibility index (Phi) is 3.62. The Morgan fingerprint density at radius 1 is 1.47 bits per heavy atom. The number of hydrogen-bond acceptors (Lipinski definition) is 2. The first kappa shape index (κ1) is 10.9. The molecule has 2 N–H and O–H groups in total. The third kappa shape index (κ3) is 3.20. The van der Waals surface area contributed by atoms with Crippen molar-refractivity contribution in [2.75, 3.05) is 13.2 Å². The van der Waals surface area contributed by atoms with Crippen molar-refractivity contribution in [2.45, 2.75) is 24.8 Å². The molecule has 1 saturated carbocycles. The Labute approximate surface area is 95.3 Å². The van der Waals surface area contributed by atoms with Crippen LogP contribution in [0.2, 0.25) is 5.02 Å². The Bertz CT molecular complexity index is 325. The molecule has 1 aromatic carbocycles. The average molecular weight is 226 g/mol. The van der Waals surface area contributed by atoms with E-state index in [-0.39, 0.29) is 12.5 Å². The van der Waals surface area contributed by atoms with E-state index in [2.05, 4.69) is 5.32 Å². The van der Waals surface area contributed by atoms with Gasteiger partial charge in [0.1, 0.15) is 0 Å². The summed E-state index contributed by atoms with van der Waals surface area (Å²) in [4.78, 5) is 0. The van der Waals surface area contributed by atoms with Crippen LogP contribution in [0.1, 0.15) is 24.3 Å². The molecule has 1 fully saturated rings. The van der Waals surface area contributed by atoms with Crippen molar-refractivity contribution in [3.8, 4) is 0 Å². The zero-order valence-electron chi connectivity index (χ0n) is 8.62. The highest BCUT2D eigenvalue weighted by molar-refractivity contribution is 6.30. The molecule has 1 unspecified atom stereocenters. The van der Waals surface area contributed by atoms with Gasteiger partial charge in [-0.1, -0.05) is 23.7 Å². The summed E-state index contributed by atoms with van der Waals surface area (Å²) in [5.74, 6) is 0.157. The number of rotatable bonds is 5.